The van der Waals surface area contributed by atoms with Crippen LogP contribution >= 0.6 is 0 Å². The van der Waals surface area contributed by atoms with Gasteiger partial charge in [-0.05, 0) is 17.5 Å². The third-order valence-electron chi connectivity index (χ3n) is 3.65. The van der Waals surface area contributed by atoms with Gasteiger partial charge in [0.2, 0.25) is 0 Å². The fourth-order valence-corrected chi connectivity index (χ4v) is 4.30. The summed E-state index contributed by atoms with van der Waals surface area (Å²) in [6.45, 7) is 0.167. The van der Waals surface area contributed by atoms with Crippen molar-refractivity contribution in [2.24, 2.45) is 0 Å². The van der Waals surface area contributed by atoms with Gasteiger partial charge >= 0.3 is 5.97 Å². The lowest BCUT2D eigenvalue weighted by molar-refractivity contribution is -0.139. The summed E-state index contributed by atoms with van der Waals surface area (Å²) in [6.07, 6.45) is 0.477. The molecule has 1 aliphatic heterocycles. The third kappa shape index (κ3) is 4.52. The Bertz CT molecular complexity index is 596. The number of aliphatic hydroxyl groups excluding tert-OH is 1. The quantitative estimate of drug-likeness (QED) is 0.782. The Morgan fingerprint density at radius 3 is 2.33 bits per heavy atom. The first-order valence-electron chi connectivity index (χ1n) is 6.74. The van der Waals surface area contributed by atoms with Gasteiger partial charge in [0.25, 0.3) is 0 Å². The summed E-state index contributed by atoms with van der Waals surface area (Å²) in [4.78, 5) is 12.7. The molecule has 1 aromatic carbocycles. The number of benzene rings is 1. The molecule has 1 unspecified atom stereocenters. The molecule has 1 aliphatic rings. The van der Waals surface area contributed by atoms with Crippen LogP contribution in [0.15, 0.2) is 24.3 Å². The van der Waals surface area contributed by atoms with E-state index in [1.54, 1.807) is 17.0 Å². The maximum Gasteiger partial charge on any atom is 0.317 e. The van der Waals surface area contributed by atoms with Crippen molar-refractivity contribution in [3.63, 3.8) is 0 Å². The van der Waals surface area contributed by atoms with Gasteiger partial charge in [-0.25, -0.2) is 8.42 Å². The molecule has 2 N–H and O–H groups in total. The van der Waals surface area contributed by atoms with Gasteiger partial charge in [0, 0.05) is 12.6 Å². The summed E-state index contributed by atoms with van der Waals surface area (Å²) in [5.74, 6) is -0.821. The summed E-state index contributed by atoms with van der Waals surface area (Å²) < 4.78 is 23.1. The molecule has 1 heterocycles. The fourth-order valence-electron chi connectivity index (χ4n) is 2.54. The number of sulfone groups is 1. The van der Waals surface area contributed by atoms with E-state index < -0.39 is 15.8 Å². The number of aliphatic carboxylic acids is 1. The normalized spacial score (nSPS) is 20.8. The van der Waals surface area contributed by atoms with Gasteiger partial charge in [0.05, 0.1) is 24.7 Å². The summed E-state index contributed by atoms with van der Waals surface area (Å²) >= 11 is 0. The fraction of sp³-hybridized carbons (Fsp3) is 0.500. The average Bonchev–Trinajstić information content (AvgIpc) is 2.79. The van der Waals surface area contributed by atoms with Gasteiger partial charge in [-0.2, -0.15) is 0 Å². The molecule has 0 spiro atoms. The zero-order valence-corrected chi connectivity index (χ0v) is 12.4. The van der Waals surface area contributed by atoms with E-state index in [0.717, 1.165) is 11.1 Å². The largest absolute Gasteiger partial charge is 0.480 e. The van der Waals surface area contributed by atoms with Crippen LogP contribution in [0.1, 0.15) is 17.5 Å². The van der Waals surface area contributed by atoms with E-state index >= 15 is 0 Å². The van der Waals surface area contributed by atoms with Crippen molar-refractivity contribution in [1.29, 1.82) is 0 Å². The van der Waals surface area contributed by atoms with Gasteiger partial charge in [-0.1, -0.05) is 24.3 Å². The molecule has 0 radical (unpaired) electrons. The van der Waals surface area contributed by atoms with Gasteiger partial charge < -0.3 is 10.2 Å². The Morgan fingerprint density at radius 2 is 1.86 bits per heavy atom. The molecule has 1 aromatic rings. The van der Waals surface area contributed by atoms with Gasteiger partial charge in [-0.15, -0.1) is 0 Å². The third-order valence-corrected chi connectivity index (χ3v) is 5.40. The van der Waals surface area contributed by atoms with Gasteiger partial charge in [0.15, 0.2) is 9.84 Å². The molecular formula is C14H19NO5S. The molecule has 2 rings (SSSR count). The van der Waals surface area contributed by atoms with Crippen molar-refractivity contribution >= 4 is 15.8 Å². The Kier molecular flexibility index (Phi) is 4.97. The monoisotopic (exact) mass is 313 g/mol. The van der Waals surface area contributed by atoms with Crippen molar-refractivity contribution in [3.05, 3.63) is 35.4 Å². The molecule has 1 saturated heterocycles. The van der Waals surface area contributed by atoms with Crippen molar-refractivity contribution in [1.82, 2.24) is 4.90 Å². The predicted octanol–water partition coefficient (Wildman–Crippen LogP) is 0.253. The molecule has 6 nitrogen and oxygen atoms in total. The molecule has 7 heteroatoms. The van der Waals surface area contributed by atoms with E-state index in [4.69, 9.17) is 10.2 Å². The molecular weight excluding hydrogens is 294 g/mol. The topological polar surface area (TPSA) is 94.9 Å². The van der Waals surface area contributed by atoms with Crippen molar-refractivity contribution in [2.45, 2.75) is 25.6 Å². The molecule has 1 atom stereocenters. The molecule has 0 amide bonds. The van der Waals surface area contributed by atoms with E-state index in [1.807, 2.05) is 12.1 Å². The molecule has 0 aliphatic carbocycles. The van der Waals surface area contributed by atoms with E-state index in [1.165, 1.54) is 0 Å². The number of hydrogen-bond acceptors (Lipinski definition) is 5. The standard InChI is InChI=1S/C14H19NO5S/c16-9-12-3-1-11(2-4-12)7-15(8-14(17)18)13-5-6-21(19,20)10-13/h1-4,13,16H,5-10H2,(H,17,18). The minimum atomic E-state index is -3.05. The van der Waals surface area contributed by atoms with Crippen molar-refractivity contribution < 1.29 is 23.4 Å². The predicted molar refractivity (Wildman–Crippen MR) is 77.5 cm³/mol. The van der Waals surface area contributed by atoms with Crippen LogP contribution in [-0.4, -0.2) is 53.6 Å². The summed E-state index contributed by atoms with van der Waals surface area (Å²) in [5, 5.41) is 18.0. The van der Waals surface area contributed by atoms with E-state index in [-0.39, 0.29) is 30.7 Å². The zero-order valence-electron chi connectivity index (χ0n) is 11.6. The SMILES string of the molecule is O=C(O)CN(Cc1ccc(CO)cc1)C1CCS(=O)(=O)C1. The summed E-state index contributed by atoms with van der Waals surface area (Å²) in [5.41, 5.74) is 1.68. The lowest BCUT2D eigenvalue weighted by atomic mass is 10.1. The first kappa shape index (κ1) is 15.9. The minimum Gasteiger partial charge on any atom is -0.480 e. The Hall–Kier alpha value is -1.44. The second-order valence-corrected chi connectivity index (χ2v) is 7.56. The number of carboxylic acid groups (broad SMARTS) is 1. The van der Waals surface area contributed by atoms with Crippen LogP contribution in [0.4, 0.5) is 0 Å². The molecule has 0 saturated carbocycles. The number of hydrogen-bond donors (Lipinski definition) is 2. The highest BCUT2D eigenvalue weighted by Gasteiger charge is 2.33. The van der Waals surface area contributed by atoms with E-state index in [0.29, 0.717) is 13.0 Å². The van der Waals surface area contributed by atoms with Crippen LogP contribution in [0.2, 0.25) is 0 Å². The Labute approximate surface area is 123 Å². The van der Waals surface area contributed by atoms with Crippen LogP contribution in [0.5, 0.6) is 0 Å². The van der Waals surface area contributed by atoms with E-state index in [9.17, 15) is 13.2 Å². The highest BCUT2D eigenvalue weighted by Crippen LogP contribution is 2.20. The summed E-state index contributed by atoms with van der Waals surface area (Å²) in [6, 6.07) is 6.95. The first-order chi connectivity index (χ1) is 9.89. The van der Waals surface area contributed by atoms with Crippen LogP contribution in [0, 0.1) is 0 Å². The highest BCUT2D eigenvalue weighted by molar-refractivity contribution is 7.91. The maximum atomic E-state index is 11.6. The summed E-state index contributed by atoms with van der Waals surface area (Å²) in [7, 11) is -3.05. The number of rotatable bonds is 6. The maximum absolute atomic E-state index is 11.6. The molecule has 0 aromatic heterocycles. The molecule has 0 bridgehead atoms. The number of carbonyl (C=O) groups is 1. The highest BCUT2D eigenvalue weighted by atomic mass is 32.2. The van der Waals surface area contributed by atoms with Crippen LogP contribution in [0.3, 0.4) is 0 Å². The van der Waals surface area contributed by atoms with Crippen LogP contribution in [-0.2, 0) is 27.8 Å². The number of carboxylic acids is 1. The first-order valence-corrected chi connectivity index (χ1v) is 8.57. The average molecular weight is 313 g/mol. The smallest absolute Gasteiger partial charge is 0.317 e. The lowest BCUT2D eigenvalue weighted by Gasteiger charge is -2.26. The van der Waals surface area contributed by atoms with Crippen molar-refractivity contribution in [3.8, 4) is 0 Å². The van der Waals surface area contributed by atoms with Crippen LogP contribution in [0.25, 0.3) is 0 Å². The lowest BCUT2D eigenvalue weighted by Crippen LogP contribution is -2.39. The molecule has 116 valence electrons. The second kappa shape index (κ2) is 6.55. The van der Waals surface area contributed by atoms with Gasteiger partial charge in [0.1, 0.15) is 0 Å². The number of aliphatic hydroxyl groups is 1. The van der Waals surface area contributed by atoms with Crippen LogP contribution < -0.4 is 0 Å². The number of nitrogens with zero attached hydrogens (tertiary/aromatic N) is 1. The Balaban J connectivity index is 2.10. The zero-order chi connectivity index (χ0) is 15.5. The second-order valence-electron chi connectivity index (χ2n) is 5.33. The van der Waals surface area contributed by atoms with E-state index in [2.05, 4.69) is 0 Å². The molecule has 1 fully saturated rings. The van der Waals surface area contributed by atoms with Crippen molar-refractivity contribution in [2.75, 3.05) is 18.1 Å². The minimum absolute atomic E-state index is 0.0228. The Morgan fingerprint density at radius 1 is 1.24 bits per heavy atom. The molecule has 21 heavy (non-hydrogen) atoms. The van der Waals surface area contributed by atoms with Gasteiger partial charge in [-0.3, -0.25) is 9.69 Å².